The number of anilines is 1. The maximum absolute atomic E-state index is 6.15. The van der Waals surface area contributed by atoms with E-state index in [0.29, 0.717) is 5.25 Å². The molecule has 0 aliphatic carbocycles. The van der Waals surface area contributed by atoms with Gasteiger partial charge >= 0.3 is 0 Å². The molecule has 0 radical (unpaired) electrons. The highest BCUT2D eigenvalue weighted by Crippen LogP contribution is 2.28. The Balaban J connectivity index is 2.06. The predicted octanol–water partition coefficient (Wildman–Crippen LogP) is 3.02. The number of benzene rings is 1. The first-order chi connectivity index (χ1) is 9.70. The Labute approximate surface area is 131 Å². The van der Waals surface area contributed by atoms with E-state index in [1.165, 1.54) is 17.0 Å². The maximum atomic E-state index is 6.15. The van der Waals surface area contributed by atoms with Gasteiger partial charge in [-0.15, -0.1) is 0 Å². The first-order valence-corrected chi connectivity index (χ1v) is 8.48. The second-order valence-electron chi connectivity index (χ2n) is 5.07. The van der Waals surface area contributed by atoms with Crippen LogP contribution in [0.3, 0.4) is 0 Å². The van der Waals surface area contributed by atoms with Crippen molar-refractivity contribution >= 4 is 29.1 Å². The lowest BCUT2D eigenvalue weighted by Crippen LogP contribution is -2.37. The van der Waals surface area contributed by atoms with E-state index in [2.05, 4.69) is 41.0 Å². The number of halogens is 1. The van der Waals surface area contributed by atoms with Gasteiger partial charge in [0.1, 0.15) is 0 Å². The third-order valence-electron chi connectivity index (χ3n) is 3.42. The van der Waals surface area contributed by atoms with Gasteiger partial charge in [-0.25, -0.2) is 0 Å². The molecule has 0 spiro atoms. The van der Waals surface area contributed by atoms with Gasteiger partial charge in [-0.3, -0.25) is 0 Å². The van der Waals surface area contributed by atoms with Crippen molar-refractivity contribution in [3.8, 4) is 0 Å². The monoisotopic (exact) mass is 314 g/mol. The minimum Gasteiger partial charge on any atom is -0.383 e. The summed E-state index contributed by atoms with van der Waals surface area (Å²) < 4.78 is 5.06. The highest BCUT2D eigenvalue weighted by atomic mass is 35.5. The van der Waals surface area contributed by atoms with Crippen molar-refractivity contribution in [2.45, 2.75) is 18.7 Å². The summed E-state index contributed by atoms with van der Waals surface area (Å²) in [6.45, 7) is 6.93. The number of ether oxygens (including phenoxy) is 1. The molecule has 0 aromatic heterocycles. The molecular weight excluding hydrogens is 292 g/mol. The smallest absolute Gasteiger partial charge is 0.0587 e. The highest BCUT2D eigenvalue weighted by Gasteiger charge is 2.19. The summed E-state index contributed by atoms with van der Waals surface area (Å²) in [7, 11) is 1.72. The van der Waals surface area contributed by atoms with Gasteiger partial charge in [0.15, 0.2) is 0 Å². The zero-order valence-electron chi connectivity index (χ0n) is 12.2. The Morgan fingerprint density at radius 3 is 3.10 bits per heavy atom. The van der Waals surface area contributed by atoms with Crippen molar-refractivity contribution in [2.24, 2.45) is 0 Å². The van der Waals surface area contributed by atoms with E-state index in [0.717, 1.165) is 37.8 Å². The van der Waals surface area contributed by atoms with Gasteiger partial charge < -0.3 is 15.0 Å². The molecule has 20 heavy (non-hydrogen) atoms. The zero-order chi connectivity index (χ0) is 14.4. The lowest BCUT2D eigenvalue weighted by Gasteiger charge is -2.34. The molecule has 1 N–H and O–H groups in total. The topological polar surface area (TPSA) is 24.5 Å². The number of hydrogen-bond acceptors (Lipinski definition) is 4. The molecule has 5 heteroatoms. The Hall–Kier alpha value is -0.420. The molecule has 1 aromatic carbocycles. The van der Waals surface area contributed by atoms with Crippen LogP contribution in [-0.4, -0.2) is 44.4 Å². The van der Waals surface area contributed by atoms with Crippen molar-refractivity contribution in [1.29, 1.82) is 0 Å². The van der Waals surface area contributed by atoms with Gasteiger partial charge in [-0.05, 0) is 23.8 Å². The minimum atomic E-state index is 0.689. The minimum absolute atomic E-state index is 0.689. The summed E-state index contributed by atoms with van der Waals surface area (Å²) in [5.41, 5.74) is 2.58. The van der Waals surface area contributed by atoms with Crippen molar-refractivity contribution in [1.82, 2.24) is 5.32 Å². The summed E-state index contributed by atoms with van der Waals surface area (Å²) in [6, 6.07) is 6.21. The Morgan fingerprint density at radius 2 is 2.35 bits per heavy atom. The van der Waals surface area contributed by atoms with Crippen LogP contribution in [0.1, 0.15) is 12.5 Å². The number of hydrogen-bond donors (Lipinski definition) is 1. The first-order valence-electron chi connectivity index (χ1n) is 7.05. The molecule has 112 valence electrons. The summed E-state index contributed by atoms with van der Waals surface area (Å²) in [6.07, 6.45) is 0. The summed E-state index contributed by atoms with van der Waals surface area (Å²) >= 11 is 8.20. The van der Waals surface area contributed by atoms with E-state index in [1.807, 2.05) is 6.07 Å². The van der Waals surface area contributed by atoms with Crippen LogP contribution in [0.25, 0.3) is 0 Å². The van der Waals surface area contributed by atoms with E-state index >= 15 is 0 Å². The highest BCUT2D eigenvalue weighted by molar-refractivity contribution is 8.00. The molecule has 0 bridgehead atoms. The van der Waals surface area contributed by atoms with E-state index in [1.54, 1.807) is 7.11 Å². The normalized spacial score (nSPS) is 19.4. The average molecular weight is 315 g/mol. The van der Waals surface area contributed by atoms with E-state index in [4.69, 9.17) is 16.3 Å². The van der Waals surface area contributed by atoms with Crippen molar-refractivity contribution in [3.05, 3.63) is 28.8 Å². The van der Waals surface area contributed by atoms with Crippen LogP contribution >= 0.6 is 23.4 Å². The third-order valence-corrected chi connectivity index (χ3v) is 4.79. The number of thioether (sulfide) groups is 1. The van der Waals surface area contributed by atoms with Gasteiger partial charge in [-0.2, -0.15) is 11.8 Å². The van der Waals surface area contributed by atoms with Crippen LogP contribution in [0.5, 0.6) is 0 Å². The molecule has 1 aliphatic rings. The van der Waals surface area contributed by atoms with Crippen molar-refractivity contribution in [3.63, 3.8) is 0 Å². The maximum Gasteiger partial charge on any atom is 0.0587 e. The van der Waals surface area contributed by atoms with Crippen LogP contribution in [-0.2, 0) is 11.3 Å². The Bertz CT molecular complexity index is 430. The molecule has 0 saturated carbocycles. The number of nitrogens with one attached hydrogen (secondary N) is 1. The summed E-state index contributed by atoms with van der Waals surface area (Å²) in [4.78, 5) is 2.48. The quantitative estimate of drug-likeness (QED) is 0.816. The molecule has 1 atom stereocenters. The lowest BCUT2D eigenvalue weighted by molar-refractivity contribution is 0.199. The fraction of sp³-hybridized carbons (Fsp3) is 0.600. The molecule has 1 heterocycles. The standard InChI is InChI=1S/C15H23ClN2OS/c1-12-11-18(6-8-20-12)15-4-3-14(16)9-13(15)10-17-5-7-19-2/h3-4,9,12,17H,5-8,10-11H2,1-2H3. The predicted molar refractivity (Wildman–Crippen MR) is 89.2 cm³/mol. The summed E-state index contributed by atoms with van der Waals surface area (Å²) in [5, 5.41) is 4.90. The Morgan fingerprint density at radius 1 is 1.50 bits per heavy atom. The number of rotatable bonds is 6. The molecule has 1 aliphatic heterocycles. The number of methoxy groups -OCH3 is 1. The SMILES string of the molecule is COCCNCc1cc(Cl)ccc1N1CCSC(C)C1. The van der Waals surface area contributed by atoms with Gasteiger partial charge in [0.25, 0.3) is 0 Å². The summed E-state index contributed by atoms with van der Waals surface area (Å²) in [5.74, 6) is 1.19. The second kappa shape index (κ2) is 8.13. The fourth-order valence-corrected chi connectivity index (χ4v) is 3.65. The van der Waals surface area contributed by atoms with Crippen molar-refractivity contribution in [2.75, 3.05) is 44.0 Å². The molecule has 0 amide bonds. The molecule has 1 unspecified atom stereocenters. The van der Waals surface area contributed by atoms with E-state index < -0.39 is 0 Å². The van der Waals surface area contributed by atoms with Crippen LogP contribution in [0, 0.1) is 0 Å². The largest absolute Gasteiger partial charge is 0.383 e. The van der Waals surface area contributed by atoms with Gasteiger partial charge in [-0.1, -0.05) is 18.5 Å². The Kier molecular flexibility index (Phi) is 6.49. The molecular formula is C15H23ClN2OS. The molecule has 2 rings (SSSR count). The zero-order valence-corrected chi connectivity index (χ0v) is 13.8. The first kappa shape index (κ1) is 16.0. The van der Waals surface area contributed by atoms with E-state index in [9.17, 15) is 0 Å². The van der Waals surface area contributed by atoms with Gasteiger partial charge in [0.2, 0.25) is 0 Å². The van der Waals surface area contributed by atoms with Crippen LogP contribution < -0.4 is 10.2 Å². The number of nitrogens with zero attached hydrogens (tertiary/aromatic N) is 1. The van der Waals surface area contributed by atoms with Crippen LogP contribution in [0.4, 0.5) is 5.69 Å². The molecule has 1 saturated heterocycles. The van der Waals surface area contributed by atoms with Crippen LogP contribution in [0.2, 0.25) is 5.02 Å². The van der Waals surface area contributed by atoms with Gasteiger partial charge in [0, 0.05) is 55.0 Å². The molecule has 1 aromatic rings. The third kappa shape index (κ3) is 4.55. The second-order valence-corrected chi connectivity index (χ2v) is 7.05. The molecule has 3 nitrogen and oxygen atoms in total. The fourth-order valence-electron chi connectivity index (χ4n) is 2.44. The van der Waals surface area contributed by atoms with Crippen molar-refractivity contribution < 1.29 is 4.74 Å². The lowest BCUT2D eigenvalue weighted by atomic mass is 10.1. The average Bonchev–Trinajstić information content (AvgIpc) is 2.44. The molecule has 1 fully saturated rings. The van der Waals surface area contributed by atoms with Crippen LogP contribution in [0.15, 0.2) is 18.2 Å². The van der Waals surface area contributed by atoms with Gasteiger partial charge in [0.05, 0.1) is 6.61 Å². The van der Waals surface area contributed by atoms with E-state index in [-0.39, 0.29) is 0 Å².